The van der Waals surface area contributed by atoms with Gasteiger partial charge in [0.15, 0.2) is 6.10 Å². The highest BCUT2D eigenvalue weighted by Crippen LogP contribution is 2.25. The molecule has 0 bridgehead atoms. The normalized spacial score (nSPS) is 15.4. The van der Waals surface area contributed by atoms with E-state index in [4.69, 9.17) is 4.74 Å². The van der Waals surface area contributed by atoms with E-state index in [0.717, 1.165) is 32.1 Å². The Morgan fingerprint density at radius 3 is 2.31 bits per heavy atom. The highest BCUT2D eigenvalue weighted by Gasteiger charge is 2.21. The van der Waals surface area contributed by atoms with Crippen molar-refractivity contribution in [2.24, 2.45) is 5.92 Å². The molecule has 29 heavy (non-hydrogen) atoms. The van der Waals surface area contributed by atoms with Crippen LogP contribution in [0.4, 0.5) is 11.4 Å². The predicted octanol–water partition coefficient (Wildman–Crippen LogP) is 5.17. The lowest BCUT2D eigenvalue weighted by atomic mass is 9.88. The summed E-state index contributed by atoms with van der Waals surface area (Å²) in [5.41, 5.74) is 2.55. The zero-order valence-corrected chi connectivity index (χ0v) is 17.2. The van der Waals surface area contributed by atoms with Crippen LogP contribution in [0, 0.1) is 5.92 Å². The fraction of sp³-hybridized carbons (Fsp3) is 0.417. The van der Waals surface area contributed by atoms with Crippen molar-refractivity contribution >= 4 is 23.2 Å². The molecule has 2 aromatic rings. The number of carbonyl (C=O) groups excluding carboxylic acids is 2. The maximum absolute atomic E-state index is 12.5. The van der Waals surface area contributed by atoms with Gasteiger partial charge in [-0.05, 0) is 62.1 Å². The predicted molar refractivity (Wildman–Crippen MR) is 116 cm³/mol. The van der Waals surface area contributed by atoms with Crippen molar-refractivity contribution in [1.29, 1.82) is 0 Å². The summed E-state index contributed by atoms with van der Waals surface area (Å²) in [5, 5.41) is 5.85. The minimum atomic E-state index is -0.636. The smallest absolute Gasteiger partial charge is 0.265 e. The fourth-order valence-corrected chi connectivity index (χ4v) is 3.59. The third-order valence-corrected chi connectivity index (χ3v) is 5.39. The molecule has 0 aromatic heterocycles. The summed E-state index contributed by atoms with van der Waals surface area (Å²) in [6, 6.07) is 15.0. The van der Waals surface area contributed by atoms with Gasteiger partial charge in [0.25, 0.3) is 5.91 Å². The van der Waals surface area contributed by atoms with Crippen LogP contribution in [0.1, 0.15) is 51.5 Å². The second-order valence-corrected chi connectivity index (χ2v) is 7.65. The van der Waals surface area contributed by atoms with Gasteiger partial charge in [0.05, 0.1) is 0 Å². The first-order valence-corrected chi connectivity index (χ1v) is 10.5. The summed E-state index contributed by atoms with van der Waals surface area (Å²) in [6.07, 6.45) is 5.69. The van der Waals surface area contributed by atoms with Gasteiger partial charge >= 0.3 is 0 Å². The largest absolute Gasteiger partial charge is 0.481 e. The number of amides is 2. The van der Waals surface area contributed by atoms with Gasteiger partial charge in [-0.2, -0.15) is 0 Å². The molecule has 1 aliphatic rings. The minimum Gasteiger partial charge on any atom is -0.481 e. The molecule has 154 valence electrons. The Morgan fingerprint density at radius 1 is 1.00 bits per heavy atom. The molecule has 1 atom stereocenters. The quantitative estimate of drug-likeness (QED) is 0.680. The molecule has 5 heteroatoms. The molecule has 1 unspecified atom stereocenters. The van der Waals surface area contributed by atoms with Crippen molar-refractivity contribution in [2.75, 3.05) is 10.6 Å². The third kappa shape index (κ3) is 6.08. The standard InChI is InChI=1S/C24H30N2O3/c1-3-18-12-14-22(15-13-18)29-17(2)23(27)25-20-10-7-11-21(16-20)26-24(28)19-8-5-4-6-9-19/h7,10-17,19H,3-6,8-9H2,1-2H3,(H,25,27)(H,26,28). The molecule has 1 aliphatic carbocycles. The molecule has 2 aromatic carbocycles. The van der Waals surface area contributed by atoms with E-state index < -0.39 is 6.10 Å². The molecule has 1 fully saturated rings. The number of rotatable bonds is 7. The molecular formula is C24H30N2O3. The molecule has 0 radical (unpaired) electrons. The summed E-state index contributed by atoms with van der Waals surface area (Å²) < 4.78 is 5.74. The van der Waals surface area contributed by atoms with Gasteiger partial charge in [-0.25, -0.2) is 0 Å². The molecule has 2 amide bonds. The average Bonchev–Trinajstić information content (AvgIpc) is 2.75. The molecule has 0 spiro atoms. The van der Waals surface area contributed by atoms with Gasteiger partial charge in [0, 0.05) is 17.3 Å². The summed E-state index contributed by atoms with van der Waals surface area (Å²) >= 11 is 0. The van der Waals surface area contributed by atoms with Crippen LogP contribution in [0.3, 0.4) is 0 Å². The maximum Gasteiger partial charge on any atom is 0.265 e. The zero-order chi connectivity index (χ0) is 20.6. The van der Waals surface area contributed by atoms with E-state index in [-0.39, 0.29) is 17.7 Å². The number of benzene rings is 2. The second-order valence-electron chi connectivity index (χ2n) is 7.65. The Morgan fingerprint density at radius 2 is 1.66 bits per heavy atom. The van der Waals surface area contributed by atoms with Crippen LogP contribution in [0.2, 0.25) is 0 Å². The first-order valence-electron chi connectivity index (χ1n) is 10.5. The number of carbonyl (C=O) groups is 2. The first-order chi connectivity index (χ1) is 14.0. The SMILES string of the molecule is CCc1ccc(OC(C)C(=O)Nc2cccc(NC(=O)C3CCCCC3)c2)cc1. The molecule has 3 rings (SSSR count). The Hall–Kier alpha value is -2.82. The third-order valence-electron chi connectivity index (χ3n) is 5.39. The van der Waals surface area contributed by atoms with Gasteiger partial charge in [0.1, 0.15) is 5.75 Å². The van der Waals surface area contributed by atoms with Gasteiger partial charge < -0.3 is 15.4 Å². The molecule has 0 saturated heterocycles. The molecular weight excluding hydrogens is 364 g/mol. The number of ether oxygens (including phenoxy) is 1. The topological polar surface area (TPSA) is 67.4 Å². The highest BCUT2D eigenvalue weighted by molar-refractivity contribution is 5.96. The van der Waals surface area contributed by atoms with E-state index in [1.807, 2.05) is 36.4 Å². The second kappa shape index (κ2) is 10.1. The number of nitrogens with one attached hydrogen (secondary N) is 2. The van der Waals surface area contributed by atoms with E-state index >= 15 is 0 Å². The lowest BCUT2D eigenvalue weighted by Gasteiger charge is -2.21. The molecule has 5 nitrogen and oxygen atoms in total. The van der Waals surface area contributed by atoms with E-state index in [1.165, 1.54) is 12.0 Å². The van der Waals surface area contributed by atoms with Gasteiger partial charge in [0.2, 0.25) is 5.91 Å². The highest BCUT2D eigenvalue weighted by atomic mass is 16.5. The Labute approximate surface area is 172 Å². The Bertz CT molecular complexity index is 826. The summed E-state index contributed by atoms with van der Waals surface area (Å²) in [6.45, 7) is 3.81. The van der Waals surface area contributed by atoms with Crippen LogP contribution < -0.4 is 15.4 Å². The van der Waals surface area contributed by atoms with Crippen molar-refractivity contribution in [3.8, 4) is 5.75 Å². The lowest BCUT2D eigenvalue weighted by Crippen LogP contribution is -2.30. The summed E-state index contributed by atoms with van der Waals surface area (Å²) in [7, 11) is 0. The number of hydrogen-bond acceptors (Lipinski definition) is 3. The van der Waals surface area contributed by atoms with Crippen molar-refractivity contribution in [3.05, 3.63) is 54.1 Å². The van der Waals surface area contributed by atoms with Crippen LogP contribution in [0.15, 0.2) is 48.5 Å². The average molecular weight is 395 g/mol. The zero-order valence-electron chi connectivity index (χ0n) is 17.2. The van der Waals surface area contributed by atoms with Gasteiger partial charge in [-0.15, -0.1) is 0 Å². The number of aryl methyl sites for hydroxylation is 1. The maximum atomic E-state index is 12.5. The fourth-order valence-electron chi connectivity index (χ4n) is 3.59. The van der Waals surface area contributed by atoms with E-state index in [9.17, 15) is 9.59 Å². The van der Waals surface area contributed by atoms with Crippen LogP contribution in [0.5, 0.6) is 5.75 Å². The summed E-state index contributed by atoms with van der Waals surface area (Å²) in [5.74, 6) is 0.591. The first kappa shape index (κ1) is 20.9. The number of hydrogen-bond donors (Lipinski definition) is 2. The number of anilines is 2. The van der Waals surface area contributed by atoms with E-state index in [1.54, 1.807) is 19.1 Å². The monoisotopic (exact) mass is 394 g/mol. The molecule has 2 N–H and O–H groups in total. The molecule has 1 saturated carbocycles. The van der Waals surface area contributed by atoms with Gasteiger partial charge in [-0.3, -0.25) is 9.59 Å². The minimum absolute atomic E-state index is 0.0698. The van der Waals surface area contributed by atoms with Crippen LogP contribution >= 0.6 is 0 Å². The lowest BCUT2D eigenvalue weighted by molar-refractivity contribution is -0.122. The molecule has 0 aliphatic heterocycles. The van der Waals surface area contributed by atoms with E-state index in [0.29, 0.717) is 17.1 Å². The Balaban J connectivity index is 1.55. The van der Waals surface area contributed by atoms with E-state index in [2.05, 4.69) is 17.6 Å². The van der Waals surface area contributed by atoms with Gasteiger partial charge in [-0.1, -0.05) is 44.4 Å². The van der Waals surface area contributed by atoms with Crippen molar-refractivity contribution in [3.63, 3.8) is 0 Å². The van der Waals surface area contributed by atoms with Crippen LogP contribution in [-0.4, -0.2) is 17.9 Å². The summed E-state index contributed by atoms with van der Waals surface area (Å²) in [4.78, 5) is 24.9. The van der Waals surface area contributed by atoms with Crippen molar-refractivity contribution in [2.45, 2.75) is 58.5 Å². The van der Waals surface area contributed by atoms with Crippen LogP contribution in [-0.2, 0) is 16.0 Å². The van der Waals surface area contributed by atoms with Crippen molar-refractivity contribution in [1.82, 2.24) is 0 Å². The van der Waals surface area contributed by atoms with Crippen molar-refractivity contribution < 1.29 is 14.3 Å². The van der Waals surface area contributed by atoms with Crippen LogP contribution in [0.25, 0.3) is 0 Å². The Kier molecular flexibility index (Phi) is 7.28. The molecule has 0 heterocycles.